The molecule has 4 nitrogen and oxygen atoms in total. The highest BCUT2D eigenvalue weighted by molar-refractivity contribution is 6.12. The summed E-state index contributed by atoms with van der Waals surface area (Å²) >= 11 is 0. The van der Waals surface area contributed by atoms with Crippen LogP contribution in [0.25, 0.3) is 105 Å². The van der Waals surface area contributed by atoms with Gasteiger partial charge in [0, 0.05) is 33.2 Å². The van der Waals surface area contributed by atoms with Crippen LogP contribution in [0, 0.1) is 0 Å². The minimum Gasteiger partial charge on any atom is -0.309 e. The van der Waals surface area contributed by atoms with Gasteiger partial charge in [-0.2, -0.15) is 0 Å². The minimum atomic E-state index is 0.631. The maximum Gasteiger partial charge on any atom is 0.164 e. The van der Waals surface area contributed by atoms with Crippen LogP contribution in [-0.4, -0.2) is 19.5 Å². The number of para-hydroxylation sites is 2. The van der Waals surface area contributed by atoms with E-state index in [0.717, 1.165) is 51.8 Å². The van der Waals surface area contributed by atoms with E-state index >= 15 is 0 Å². The first-order valence-corrected chi connectivity index (χ1v) is 22.3. The maximum atomic E-state index is 5.20. The molecule has 0 saturated heterocycles. The molecule has 0 saturated carbocycles. The Labute approximate surface area is 376 Å². The van der Waals surface area contributed by atoms with E-state index in [1.165, 1.54) is 71.3 Å². The molecule has 0 radical (unpaired) electrons. The van der Waals surface area contributed by atoms with Crippen LogP contribution >= 0.6 is 0 Å². The summed E-state index contributed by atoms with van der Waals surface area (Å²) in [6, 6.07) is 78.8. The van der Waals surface area contributed by atoms with E-state index < -0.39 is 0 Å². The zero-order chi connectivity index (χ0) is 42.8. The molecule has 12 aromatic rings. The lowest BCUT2D eigenvalue weighted by atomic mass is 9.83. The summed E-state index contributed by atoms with van der Waals surface area (Å²) in [5, 5.41) is 7.72. The predicted octanol–water partition coefficient (Wildman–Crippen LogP) is 15.1. The molecule has 304 valence electrons. The topological polar surface area (TPSA) is 43.6 Å². The van der Waals surface area contributed by atoms with Crippen molar-refractivity contribution < 1.29 is 0 Å². The quantitative estimate of drug-likeness (QED) is 0.162. The average Bonchev–Trinajstić information content (AvgIpc) is 3.70. The van der Waals surface area contributed by atoms with Gasteiger partial charge in [0.15, 0.2) is 17.5 Å². The van der Waals surface area contributed by atoms with Crippen molar-refractivity contribution in [3.63, 3.8) is 0 Å². The Morgan fingerprint density at radius 1 is 0.308 bits per heavy atom. The number of aromatic nitrogens is 4. The van der Waals surface area contributed by atoms with Gasteiger partial charge in [-0.1, -0.05) is 194 Å². The number of hydrogen-bond donors (Lipinski definition) is 0. The summed E-state index contributed by atoms with van der Waals surface area (Å²) < 4.78 is 2.33. The van der Waals surface area contributed by atoms with Crippen molar-refractivity contribution in [2.75, 3.05) is 0 Å². The standard InChI is InChI=1S/C61H40N4/c1-3-13-42(14-4-1)59-62-60(64-61(63-59)48-32-34-54-53-23-9-10-24-55(53)65(56(54)38-48)50-20-5-2-6-21-50)43-29-25-39(26-30-43)44-31-33-52-49(35-44)37-47-19-12-17-41-28-27-40-16-11-18-46(57(40)58(41)47)36-45-15-7-8-22-51(45)52/h1-35,38H,36-37H2. The number of hydrogen-bond acceptors (Lipinski definition) is 3. The van der Waals surface area contributed by atoms with E-state index in [1.807, 2.05) is 18.2 Å². The molecule has 0 aliphatic heterocycles. The maximum absolute atomic E-state index is 5.20. The van der Waals surface area contributed by atoms with Crippen molar-refractivity contribution in [1.82, 2.24) is 19.5 Å². The third-order valence-electron chi connectivity index (χ3n) is 13.3. The normalized spacial score (nSPS) is 12.2. The molecule has 0 amide bonds. The monoisotopic (exact) mass is 828 g/mol. The number of benzene rings is 10. The van der Waals surface area contributed by atoms with Gasteiger partial charge in [-0.25, -0.2) is 15.0 Å². The largest absolute Gasteiger partial charge is 0.309 e. The molecule has 0 atom stereocenters. The molecule has 13 rings (SSSR count). The number of rotatable bonds is 5. The first-order chi connectivity index (χ1) is 32.2. The van der Waals surface area contributed by atoms with E-state index in [1.54, 1.807) is 0 Å². The van der Waals surface area contributed by atoms with Gasteiger partial charge in [-0.05, 0) is 103 Å². The molecule has 0 N–H and O–H groups in total. The van der Waals surface area contributed by atoms with Gasteiger partial charge in [0.1, 0.15) is 0 Å². The third kappa shape index (κ3) is 6.33. The Balaban J connectivity index is 0.920. The second-order valence-electron chi connectivity index (χ2n) is 17.1. The molecule has 2 aromatic heterocycles. The van der Waals surface area contributed by atoms with E-state index in [0.29, 0.717) is 17.5 Å². The molecule has 0 spiro atoms. The van der Waals surface area contributed by atoms with Crippen LogP contribution in [0.3, 0.4) is 0 Å². The second-order valence-corrected chi connectivity index (χ2v) is 17.1. The summed E-state index contributed by atoms with van der Waals surface area (Å²) in [5.74, 6) is 1.90. The summed E-state index contributed by atoms with van der Waals surface area (Å²) in [6.45, 7) is 0. The molecule has 0 fully saturated rings. The Bertz CT molecular complexity index is 3810. The molecular weight excluding hydrogens is 789 g/mol. The fraction of sp³-hybridized carbons (Fsp3) is 0.0328. The van der Waals surface area contributed by atoms with Gasteiger partial charge in [0.2, 0.25) is 0 Å². The first-order valence-electron chi connectivity index (χ1n) is 22.3. The molecule has 0 unspecified atom stereocenters. The molecule has 65 heavy (non-hydrogen) atoms. The highest BCUT2D eigenvalue weighted by Gasteiger charge is 2.20. The Hall–Kier alpha value is -8.47. The Morgan fingerprint density at radius 2 is 0.831 bits per heavy atom. The molecule has 2 heterocycles. The van der Waals surface area contributed by atoms with E-state index in [4.69, 9.17) is 15.0 Å². The van der Waals surface area contributed by atoms with Crippen LogP contribution in [0.5, 0.6) is 0 Å². The predicted molar refractivity (Wildman–Crippen MR) is 268 cm³/mol. The second kappa shape index (κ2) is 15.1. The summed E-state index contributed by atoms with van der Waals surface area (Å²) in [5.41, 5.74) is 16.5. The van der Waals surface area contributed by atoms with Crippen molar-refractivity contribution in [3.05, 3.63) is 241 Å². The lowest BCUT2D eigenvalue weighted by Gasteiger charge is -2.21. The van der Waals surface area contributed by atoms with Gasteiger partial charge in [-0.3, -0.25) is 0 Å². The number of fused-ring (bicyclic) bond motifs is 6. The lowest BCUT2D eigenvalue weighted by Crippen LogP contribution is -2.01. The van der Waals surface area contributed by atoms with Gasteiger partial charge in [0.05, 0.1) is 11.0 Å². The summed E-state index contributed by atoms with van der Waals surface area (Å²) in [6.07, 6.45) is 1.70. The van der Waals surface area contributed by atoms with Crippen LogP contribution in [0.4, 0.5) is 0 Å². The third-order valence-corrected chi connectivity index (χ3v) is 13.3. The minimum absolute atomic E-state index is 0.631. The van der Waals surface area contributed by atoms with Gasteiger partial charge in [-0.15, -0.1) is 0 Å². The van der Waals surface area contributed by atoms with Crippen LogP contribution in [-0.2, 0) is 12.8 Å². The van der Waals surface area contributed by atoms with Crippen molar-refractivity contribution in [2.45, 2.75) is 12.8 Å². The molecular formula is C61H40N4. The molecule has 1 aliphatic rings. The SMILES string of the molecule is c1ccc(-c2nc(-c3ccc(-c4ccc5c(c4)Cc4cccc6ccc7cccc(c7c46)Cc4ccccc4-5)cc3)nc(-c3ccc4c5ccccc5n(-c5ccccc5)c4c3)n2)cc1. The van der Waals surface area contributed by atoms with Crippen molar-refractivity contribution >= 4 is 43.4 Å². The number of nitrogens with zero attached hydrogens (tertiary/aromatic N) is 4. The molecule has 1 aliphatic carbocycles. The van der Waals surface area contributed by atoms with E-state index in [2.05, 4.69) is 205 Å². The fourth-order valence-electron chi connectivity index (χ4n) is 10.3. The highest BCUT2D eigenvalue weighted by atomic mass is 15.0. The Morgan fingerprint density at radius 3 is 1.57 bits per heavy atom. The molecule has 4 heteroatoms. The van der Waals surface area contributed by atoms with Crippen LogP contribution in [0.1, 0.15) is 22.3 Å². The molecule has 0 bridgehead atoms. The Kier molecular flexibility index (Phi) is 8.63. The van der Waals surface area contributed by atoms with Crippen molar-refractivity contribution in [1.29, 1.82) is 0 Å². The first kappa shape index (κ1) is 37.1. The zero-order valence-electron chi connectivity index (χ0n) is 35.5. The lowest BCUT2D eigenvalue weighted by molar-refractivity contribution is 1.07. The molecule has 10 aromatic carbocycles. The van der Waals surface area contributed by atoms with Gasteiger partial charge in [0.25, 0.3) is 0 Å². The van der Waals surface area contributed by atoms with Crippen molar-refractivity contribution in [3.8, 4) is 62.1 Å². The van der Waals surface area contributed by atoms with Crippen LogP contribution in [0.2, 0.25) is 0 Å². The highest BCUT2D eigenvalue weighted by Crippen LogP contribution is 2.40. The smallest absolute Gasteiger partial charge is 0.164 e. The zero-order valence-corrected chi connectivity index (χ0v) is 35.5. The van der Waals surface area contributed by atoms with Crippen molar-refractivity contribution in [2.24, 2.45) is 0 Å². The summed E-state index contributed by atoms with van der Waals surface area (Å²) in [4.78, 5) is 15.4. The summed E-state index contributed by atoms with van der Waals surface area (Å²) in [7, 11) is 0. The van der Waals surface area contributed by atoms with Gasteiger partial charge >= 0.3 is 0 Å². The van der Waals surface area contributed by atoms with E-state index in [-0.39, 0.29) is 0 Å². The fourth-order valence-corrected chi connectivity index (χ4v) is 10.3. The van der Waals surface area contributed by atoms with E-state index in [9.17, 15) is 0 Å². The van der Waals surface area contributed by atoms with Crippen LogP contribution in [0.15, 0.2) is 218 Å². The average molecular weight is 829 g/mol. The van der Waals surface area contributed by atoms with Crippen LogP contribution < -0.4 is 0 Å². The van der Waals surface area contributed by atoms with Gasteiger partial charge < -0.3 is 4.57 Å².